The van der Waals surface area contributed by atoms with Gasteiger partial charge >= 0.3 is 0 Å². The molecule has 4 heteroatoms. The number of nitrogens with zero attached hydrogens (tertiary/aromatic N) is 2. The number of aromatic nitrogens is 2. The first-order valence-corrected chi connectivity index (χ1v) is 8.08. The third-order valence-electron chi connectivity index (χ3n) is 4.07. The predicted molar refractivity (Wildman–Crippen MR) is 75.7 cm³/mol. The number of fused-ring (bicyclic) bond motifs is 1. The summed E-state index contributed by atoms with van der Waals surface area (Å²) in [6.45, 7) is 0.791. The Morgan fingerprint density at radius 2 is 2.28 bits per heavy atom. The van der Waals surface area contributed by atoms with Crippen molar-refractivity contribution in [3.05, 3.63) is 23.3 Å². The van der Waals surface area contributed by atoms with E-state index in [-0.39, 0.29) is 0 Å². The van der Waals surface area contributed by atoms with Crippen LogP contribution in [0.4, 0.5) is 0 Å². The quantitative estimate of drug-likeness (QED) is 0.890. The summed E-state index contributed by atoms with van der Waals surface area (Å²) >= 11 is 2.03. The van der Waals surface area contributed by atoms with E-state index >= 15 is 0 Å². The molecule has 1 aliphatic heterocycles. The molecule has 18 heavy (non-hydrogen) atoms. The molecule has 0 spiro atoms. The highest BCUT2D eigenvalue weighted by atomic mass is 32.2. The maximum atomic E-state index is 5.76. The summed E-state index contributed by atoms with van der Waals surface area (Å²) in [6.07, 6.45) is 9.34. The predicted octanol–water partition coefficient (Wildman–Crippen LogP) is 2.50. The maximum Gasteiger partial charge on any atom is 0.141 e. The first-order valence-electron chi connectivity index (χ1n) is 7.03. The molecule has 2 N–H and O–H groups in total. The summed E-state index contributed by atoms with van der Waals surface area (Å²) in [5.41, 5.74) is 8.39. The molecule has 0 amide bonds. The molecule has 2 aliphatic rings. The van der Waals surface area contributed by atoms with Crippen molar-refractivity contribution in [2.75, 3.05) is 12.3 Å². The van der Waals surface area contributed by atoms with E-state index in [9.17, 15) is 0 Å². The zero-order valence-electron chi connectivity index (χ0n) is 10.8. The Labute approximate surface area is 113 Å². The molecule has 1 saturated heterocycles. The fourth-order valence-electron chi connectivity index (χ4n) is 2.90. The van der Waals surface area contributed by atoms with Crippen LogP contribution >= 0.6 is 11.8 Å². The van der Waals surface area contributed by atoms with Gasteiger partial charge in [-0.1, -0.05) is 6.42 Å². The van der Waals surface area contributed by atoms with E-state index in [1.165, 1.54) is 42.7 Å². The number of thioether (sulfide) groups is 1. The molecule has 2 heterocycles. The Morgan fingerprint density at radius 1 is 1.33 bits per heavy atom. The van der Waals surface area contributed by atoms with E-state index in [1.54, 1.807) is 0 Å². The van der Waals surface area contributed by atoms with Gasteiger partial charge in [-0.15, -0.1) is 0 Å². The topological polar surface area (TPSA) is 51.8 Å². The van der Waals surface area contributed by atoms with Crippen molar-refractivity contribution in [3.8, 4) is 0 Å². The molecule has 0 bridgehead atoms. The van der Waals surface area contributed by atoms with Crippen LogP contribution in [-0.4, -0.2) is 22.3 Å². The Kier molecular flexibility index (Phi) is 3.85. The third kappa shape index (κ3) is 2.54. The molecule has 1 fully saturated rings. The first kappa shape index (κ1) is 12.4. The van der Waals surface area contributed by atoms with Gasteiger partial charge in [0, 0.05) is 11.9 Å². The van der Waals surface area contributed by atoms with Crippen LogP contribution in [0.5, 0.6) is 0 Å². The Hall–Kier alpha value is -0.610. The third-order valence-corrected chi connectivity index (χ3v) is 5.45. The standard InChI is InChI=1S/C14H21N3S/c15-8-10-4-5-12-11(7-10)9-16-14(17-12)13-3-1-2-6-18-13/h9-10,13H,1-8,15H2. The molecule has 98 valence electrons. The van der Waals surface area contributed by atoms with Gasteiger partial charge in [-0.3, -0.25) is 0 Å². The van der Waals surface area contributed by atoms with Crippen LogP contribution in [0.3, 0.4) is 0 Å². The lowest BCUT2D eigenvalue weighted by molar-refractivity contribution is 0.459. The van der Waals surface area contributed by atoms with E-state index in [0.29, 0.717) is 11.2 Å². The van der Waals surface area contributed by atoms with Gasteiger partial charge in [0.1, 0.15) is 5.82 Å². The highest BCUT2D eigenvalue weighted by Gasteiger charge is 2.23. The van der Waals surface area contributed by atoms with Gasteiger partial charge in [0.2, 0.25) is 0 Å². The lowest BCUT2D eigenvalue weighted by Gasteiger charge is -2.25. The molecule has 2 atom stereocenters. The second-order valence-electron chi connectivity index (χ2n) is 5.40. The van der Waals surface area contributed by atoms with Gasteiger partial charge < -0.3 is 5.73 Å². The van der Waals surface area contributed by atoms with Crippen molar-refractivity contribution in [1.82, 2.24) is 9.97 Å². The summed E-state index contributed by atoms with van der Waals surface area (Å²) < 4.78 is 0. The first-order chi connectivity index (χ1) is 8.86. The van der Waals surface area contributed by atoms with Crippen LogP contribution in [-0.2, 0) is 12.8 Å². The van der Waals surface area contributed by atoms with Crippen molar-refractivity contribution in [2.45, 2.75) is 43.8 Å². The zero-order valence-corrected chi connectivity index (χ0v) is 11.6. The molecule has 3 rings (SSSR count). The average molecular weight is 263 g/mol. The van der Waals surface area contributed by atoms with Crippen molar-refractivity contribution in [1.29, 1.82) is 0 Å². The Morgan fingerprint density at radius 3 is 3.06 bits per heavy atom. The summed E-state index contributed by atoms with van der Waals surface area (Å²) in [5, 5.41) is 0.538. The largest absolute Gasteiger partial charge is 0.330 e. The minimum atomic E-state index is 0.538. The minimum absolute atomic E-state index is 0.538. The van der Waals surface area contributed by atoms with E-state index in [2.05, 4.69) is 11.2 Å². The molecule has 1 aliphatic carbocycles. The summed E-state index contributed by atoms with van der Waals surface area (Å²) in [5.74, 6) is 2.97. The lowest BCUT2D eigenvalue weighted by Crippen LogP contribution is -2.23. The van der Waals surface area contributed by atoms with Gasteiger partial charge in [0.25, 0.3) is 0 Å². The highest BCUT2D eigenvalue weighted by Crippen LogP contribution is 2.37. The van der Waals surface area contributed by atoms with Gasteiger partial charge in [0.15, 0.2) is 0 Å². The van der Waals surface area contributed by atoms with Gasteiger partial charge in [0.05, 0.1) is 5.25 Å². The van der Waals surface area contributed by atoms with E-state index in [4.69, 9.17) is 10.7 Å². The average Bonchev–Trinajstić information content (AvgIpc) is 2.47. The monoisotopic (exact) mass is 263 g/mol. The van der Waals surface area contributed by atoms with Gasteiger partial charge in [-0.2, -0.15) is 11.8 Å². The highest BCUT2D eigenvalue weighted by molar-refractivity contribution is 7.99. The van der Waals surface area contributed by atoms with Crippen molar-refractivity contribution in [3.63, 3.8) is 0 Å². The number of hydrogen-bond donors (Lipinski definition) is 1. The van der Waals surface area contributed by atoms with Crippen LogP contribution in [0.1, 0.15) is 48.0 Å². The summed E-state index contributed by atoms with van der Waals surface area (Å²) in [6, 6.07) is 0. The SMILES string of the molecule is NCC1CCc2nc(C3CCCCS3)ncc2C1. The summed E-state index contributed by atoms with van der Waals surface area (Å²) in [4.78, 5) is 9.44. The molecule has 1 aromatic rings. The fourth-order valence-corrected chi connectivity index (χ4v) is 4.15. The minimum Gasteiger partial charge on any atom is -0.330 e. The van der Waals surface area contributed by atoms with Gasteiger partial charge in [-0.25, -0.2) is 9.97 Å². The van der Waals surface area contributed by atoms with Crippen molar-refractivity contribution >= 4 is 11.8 Å². The van der Waals surface area contributed by atoms with Crippen molar-refractivity contribution in [2.24, 2.45) is 11.7 Å². The van der Waals surface area contributed by atoms with Crippen LogP contribution in [0.2, 0.25) is 0 Å². The Balaban J connectivity index is 1.78. The second-order valence-corrected chi connectivity index (χ2v) is 6.71. The van der Waals surface area contributed by atoms with E-state index < -0.39 is 0 Å². The number of nitrogens with two attached hydrogens (primary N) is 1. The molecule has 0 aromatic carbocycles. The number of aryl methyl sites for hydroxylation is 1. The molecular weight excluding hydrogens is 242 g/mol. The fraction of sp³-hybridized carbons (Fsp3) is 0.714. The van der Waals surface area contributed by atoms with E-state index in [0.717, 1.165) is 25.2 Å². The summed E-state index contributed by atoms with van der Waals surface area (Å²) in [7, 11) is 0. The van der Waals surface area contributed by atoms with Crippen LogP contribution < -0.4 is 5.73 Å². The molecule has 3 nitrogen and oxygen atoms in total. The van der Waals surface area contributed by atoms with Gasteiger partial charge in [-0.05, 0) is 55.9 Å². The molecule has 0 saturated carbocycles. The normalized spacial score (nSPS) is 27.8. The molecule has 2 unspecified atom stereocenters. The maximum absolute atomic E-state index is 5.76. The Bertz CT molecular complexity index is 416. The lowest BCUT2D eigenvalue weighted by atomic mass is 9.87. The van der Waals surface area contributed by atoms with Crippen LogP contribution in [0, 0.1) is 5.92 Å². The second kappa shape index (κ2) is 5.57. The molecule has 0 radical (unpaired) electrons. The van der Waals surface area contributed by atoms with Crippen LogP contribution in [0.25, 0.3) is 0 Å². The number of hydrogen-bond acceptors (Lipinski definition) is 4. The molecular formula is C14H21N3S. The van der Waals surface area contributed by atoms with E-state index in [1.807, 2.05) is 11.8 Å². The number of rotatable bonds is 2. The zero-order chi connectivity index (χ0) is 12.4. The van der Waals surface area contributed by atoms with Crippen molar-refractivity contribution < 1.29 is 0 Å². The smallest absolute Gasteiger partial charge is 0.141 e. The van der Waals surface area contributed by atoms with Crippen LogP contribution in [0.15, 0.2) is 6.20 Å². The molecule has 1 aromatic heterocycles.